The van der Waals surface area contributed by atoms with Crippen LogP contribution in [0.4, 0.5) is 0 Å². The van der Waals surface area contributed by atoms with Crippen LogP contribution in [-0.2, 0) is 16.1 Å². The van der Waals surface area contributed by atoms with Gasteiger partial charge in [-0.25, -0.2) is 0 Å². The number of nitrogens with two attached hydrogens (primary N) is 1. The molecule has 0 saturated heterocycles. The summed E-state index contributed by atoms with van der Waals surface area (Å²) in [6.45, 7) is 5.88. The van der Waals surface area contributed by atoms with Gasteiger partial charge >= 0.3 is 0 Å². The summed E-state index contributed by atoms with van der Waals surface area (Å²) in [5.41, 5.74) is 7.01. The molecule has 0 aliphatic rings. The summed E-state index contributed by atoms with van der Waals surface area (Å²) in [6, 6.07) is 9.63. The average Bonchev–Trinajstić information content (AvgIpc) is 2.49. The van der Waals surface area contributed by atoms with E-state index in [0.717, 1.165) is 18.4 Å². The lowest BCUT2D eigenvalue weighted by atomic mass is 9.99. The molecule has 20 heavy (non-hydrogen) atoms. The van der Waals surface area contributed by atoms with Crippen LogP contribution in [0.5, 0.6) is 0 Å². The third-order valence-electron chi connectivity index (χ3n) is 3.44. The second-order valence-corrected chi connectivity index (χ2v) is 5.09. The Kier molecular flexibility index (Phi) is 7.92. The quantitative estimate of drug-likeness (QED) is 0.680. The van der Waals surface area contributed by atoms with Gasteiger partial charge in [-0.2, -0.15) is 0 Å². The molecule has 1 aromatic carbocycles. The van der Waals surface area contributed by atoms with Crippen molar-refractivity contribution in [1.29, 1.82) is 0 Å². The number of carbonyl (C=O) groups excluding carboxylic acids is 1. The normalized spacial score (nSPS) is 13.8. The van der Waals surface area contributed by atoms with Gasteiger partial charge in [0.2, 0.25) is 5.91 Å². The molecule has 0 aromatic heterocycles. The van der Waals surface area contributed by atoms with E-state index in [9.17, 15) is 4.79 Å². The predicted octanol–water partition coefficient (Wildman–Crippen LogP) is 2.08. The van der Waals surface area contributed by atoms with Crippen molar-refractivity contribution in [3.63, 3.8) is 0 Å². The Morgan fingerprint density at radius 3 is 2.70 bits per heavy atom. The lowest BCUT2D eigenvalue weighted by Crippen LogP contribution is -2.44. The molecule has 1 amide bonds. The number of rotatable bonds is 9. The molecule has 1 rings (SSSR count). The molecular weight excluding hydrogens is 252 g/mol. The monoisotopic (exact) mass is 278 g/mol. The van der Waals surface area contributed by atoms with Gasteiger partial charge in [-0.15, -0.1) is 0 Å². The zero-order chi connectivity index (χ0) is 14.8. The molecule has 4 nitrogen and oxygen atoms in total. The van der Waals surface area contributed by atoms with Gasteiger partial charge < -0.3 is 15.8 Å². The zero-order valence-corrected chi connectivity index (χ0v) is 12.5. The molecule has 0 heterocycles. The number of hydrogen-bond acceptors (Lipinski definition) is 3. The molecule has 0 spiro atoms. The molecule has 1 aromatic rings. The molecule has 0 fully saturated rings. The van der Waals surface area contributed by atoms with E-state index in [1.54, 1.807) is 0 Å². The van der Waals surface area contributed by atoms with E-state index in [1.165, 1.54) is 0 Å². The molecule has 0 saturated carbocycles. The molecule has 0 bridgehead atoms. The van der Waals surface area contributed by atoms with Gasteiger partial charge in [-0.1, -0.05) is 50.6 Å². The minimum atomic E-state index is -0.412. The maximum Gasteiger partial charge on any atom is 0.237 e. The van der Waals surface area contributed by atoms with Crippen LogP contribution in [0, 0.1) is 5.92 Å². The van der Waals surface area contributed by atoms with Crippen molar-refractivity contribution in [2.45, 2.75) is 39.3 Å². The Morgan fingerprint density at radius 2 is 2.05 bits per heavy atom. The fourth-order valence-corrected chi connectivity index (χ4v) is 1.78. The van der Waals surface area contributed by atoms with Gasteiger partial charge in [0.15, 0.2) is 0 Å². The van der Waals surface area contributed by atoms with Gasteiger partial charge in [-0.3, -0.25) is 4.79 Å². The molecule has 0 aliphatic heterocycles. The summed E-state index contributed by atoms with van der Waals surface area (Å²) in [7, 11) is 0. The molecule has 1 unspecified atom stereocenters. The largest absolute Gasteiger partial charge is 0.377 e. The van der Waals surface area contributed by atoms with Crippen molar-refractivity contribution in [1.82, 2.24) is 5.32 Å². The third-order valence-corrected chi connectivity index (χ3v) is 3.44. The Morgan fingerprint density at radius 1 is 1.35 bits per heavy atom. The van der Waals surface area contributed by atoms with Crippen molar-refractivity contribution < 1.29 is 9.53 Å². The molecule has 2 atom stereocenters. The number of nitrogens with one attached hydrogen (secondary N) is 1. The minimum Gasteiger partial charge on any atom is -0.377 e. The highest BCUT2D eigenvalue weighted by Gasteiger charge is 2.18. The third kappa shape index (κ3) is 6.17. The van der Waals surface area contributed by atoms with Gasteiger partial charge in [-0.05, 0) is 17.9 Å². The SMILES string of the molecule is CCC(C)[C@H](N)C(=O)NCCCOCc1ccccc1. The van der Waals surface area contributed by atoms with E-state index in [2.05, 4.69) is 5.32 Å². The summed E-state index contributed by atoms with van der Waals surface area (Å²) in [6.07, 6.45) is 1.71. The first-order valence-corrected chi connectivity index (χ1v) is 7.30. The fourth-order valence-electron chi connectivity index (χ4n) is 1.78. The van der Waals surface area contributed by atoms with Gasteiger partial charge in [0.1, 0.15) is 0 Å². The van der Waals surface area contributed by atoms with Gasteiger partial charge in [0.05, 0.1) is 12.6 Å². The smallest absolute Gasteiger partial charge is 0.237 e. The zero-order valence-electron chi connectivity index (χ0n) is 12.5. The Hall–Kier alpha value is -1.39. The summed E-state index contributed by atoms with van der Waals surface area (Å²) in [4.78, 5) is 11.7. The van der Waals surface area contributed by atoms with E-state index < -0.39 is 6.04 Å². The van der Waals surface area contributed by atoms with E-state index in [4.69, 9.17) is 10.5 Å². The minimum absolute atomic E-state index is 0.0672. The lowest BCUT2D eigenvalue weighted by molar-refractivity contribution is -0.123. The first kappa shape index (κ1) is 16.7. The summed E-state index contributed by atoms with van der Waals surface area (Å²) in [5.74, 6) is 0.145. The van der Waals surface area contributed by atoms with Crippen molar-refractivity contribution in [3.05, 3.63) is 35.9 Å². The van der Waals surface area contributed by atoms with Crippen LogP contribution in [0.3, 0.4) is 0 Å². The maximum atomic E-state index is 11.7. The van der Waals surface area contributed by atoms with Crippen LogP contribution < -0.4 is 11.1 Å². The number of hydrogen-bond donors (Lipinski definition) is 2. The Balaban J connectivity index is 2.06. The molecule has 0 aliphatic carbocycles. The summed E-state index contributed by atoms with van der Waals surface area (Å²) >= 11 is 0. The second-order valence-electron chi connectivity index (χ2n) is 5.09. The second kappa shape index (κ2) is 9.50. The van der Waals surface area contributed by atoms with Gasteiger partial charge in [0, 0.05) is 13.2 Å². The molecule has 0 radical (unpaired) electrons. The van der Waals surface area contributed by atoms with Crippen LogP contribution in [0.2, 0.25) is 0 Å². The fraction of sp³-hybridized carbons (Fsp3) is 0.562. The van der Waals surface area contributed by atoms with Crippen molar-refractivity contribution in [2.75, 3.05) is 13.2 Å². The number of benzene rings is 1. The standard InChI is InChI=1S/C16H26N2O2/c1-3-13(2)15(17)16(19)18-10-7-11-20-12-14-8-5-4-6-9-14/h4-6,8-9,13,15H,3,7,10-12,17H2,1-2H3,(H,18,19)/t13?,15-/m0/s1. The van der Waals surface area contributed by atoms with Crippen LogP contribution in [0.1, 0.15) is 32.3 Å². The van der Waals surface area contributed by atoms with Crippen molar-refractivity contribution in [3.8, 4) is 0 Å². The highest BCUT2D eigenvalue weighted by Crippen LogP contribution is 2.05. The van der Waals surface area contributed by atoms with Crippen molar-refractivity contribution >= 4 is 5.91 Å². The number of carbonyl (C=O) groups is 1. The van der Waals surface area contributed by atoms with Crippen LogP contribution in [-0.4, -0.2) is 25.1 Å². The average molecular weight is 278 g/mol. The lowest BCUT2D eigenvalue weighted by Gasteiger charge is -2.17. The first-order chi connectivity index (χ1) is 9.65. The van der Waals surface area contributed by atoms with E-state index in [1.807, 2.05) is 44.2 Å². The highest BCUT2D eigenvalue weighted by atomic mass is 16.5. The van der Waals surface area contributed by atoms with E-state index in [-0.39, 0.29) is 11.8 Å². The van der Waals surface area contributed by atoms with Crippen LogP contribution >= 0.6 is 0 Å². The molecule has 112 valence electrons. The molecule has 3 N–H and O–H groups in total. The summed E-state index contributed by atoms with van der Waals surface area (Å²) < 4.78 is 5.55. The Bertz CT molecular complexity index is 381. The summed E-state index contributed by atoms with van der Waals surface area (Å²) in [5, 5.41) is 2.85. The Labute approximate surface area is 121 Å². The van der Waals surface area contributed by atoms with Gasteiger partial charge in [0.25, 0.3) is 0 Å². The predicted molar refractivity (Wildman–Crippen MR) is 81.2 cm³/mol. The molecule has 4 heteroatoms. The number of ether oxygens (including phenoxy) is 1. The van der Waals surface area contributed by atoms with E-state index in [0.29, 0.717) is 19.8 Å². The van der Waals surface area contributed by atoms with E-state index >= 15 is 0 Å². The topological polar surface area (TPSA) is 64.4 Å². The first-order valence-electron chi connectivity index (χ1n) is 7.30. The maximum absolute atomic E-state index is 11.7. The van der Waals surface area contributed by atoms with Crippen LogP contribution in [0.25, 0.3) is 0 Å². The number of amides is 1. The molecular formula is C16H26N2O2. The van der Waals surface area contributed by atoms with Crippen LogP contribution in [0.15, 0.2) is 30.3 Å². The highest BCUT2D eigenvalue weighted by molar-refractivity contribution is 5.81. The van der Waals surface area contributed by atoms with Crippen molar-refractivity contribution in [2.24, 2.45) is 11.7 Å².